The van der Waals surface area contributed by atoms with Gasteiger partial charge in [-0.05, 0) is 30.7 Å². The van der Waals surface area contributed by atoms with Crippen molar-refractivity contribution in [3.63, 3.8) is 0 Å². The molecule has 0 unspecified atom stereocenters. The first-order valence-corrected chi connectivity index (χ1v) is 7.70. The topological polar surface area (TPSA) is 99.4 Å². The maximum atomic E-state index is 14.2. The van der Waals surface area contributed by atoms with E-state index in [1.54, 1.807) is 24.3 Å². The number of fused-ring (bicyclic) bond motifs is 1. The fourth-order valence-corrected chi connectivity index (χ4v) is 2.60. The third-order valence-electron chi connectivity index (χ3n) is 3.88. The van der Waals surface area contributed by atoms with Gasteiger partial charge < -0.3 is 20.5 Å². The smallest absolute Gasteiger partial charge is 0.271 e. The van der Waals surface area contributed by atoms with Gasteiger partial charge in [0.1, 0.15) is 5.82 Å². The number of aryl methyl sites for hydroxylation is 1. The van der Waals surface area contributed by atoms with E-state index in [2.05, 4.69) is 15.5 Å². The summed E-state index contributed by atoms with van der Waals surface area (Å²) in [5.41, 5.74) is 7.03. The molecule has 134 valence electrons. The van der Waals surface area contributed by atoms with E-state index in [-0.39, 0.29) is 17.1 Å². The number of carbonyl (C=O) groups excluding carboxylic acids is 1. The molecule has 0 atom stereocenters. The average molecular weight is 356 g/mol. The second kappa shape index (κ2) is 6.83. The number of benzene rings is 2. The number of ether oxygens (including phenoxy) is 2. The molecular weight excluding hydrogens is 339 g/mol. The number of methoxy groups -OCH3 is 2. The number of rotatable bonds is 5. The van der Waals surface area contributed by atoms with Crippen LogP contribution < -0.4 is 20.5 Å². The number of anilines is 2. The van der Waals surface area contributed by atoms with E-state index in [1.807, 2.05) is 6.92 Å². The van der Waals surface area contributed by atoms with Gasteiger partial charge in [-0.15, -0.1) is 10.2 Å². The summed E-state index contributed by atoms with van der Waals surface area (Å²) in [5, 5.41) is 11.3. The minimum atomic E-state index is -0.787. The van der Waals surface area contributed by atoms with Gasteiger partial charge in [0.15, 0.2) is 17.2 Å². The van der Waals surface area contributed by atoms with Crippen LogP contribution in [0.3, 0.4) is 0 Å². The molecule has 1 heterocycles. The van der Waals surface area contributed by atoms with E-state index in [9.17, 15) is 9.18 Å². The fraction of sp³-hybridized carbons (Fsp3) is 0.167. The van der Waals surface area contributed by atoms with Gasteiger partial charge >= 0.3 is 0 Å². The van der Waals surface area contributed by atoms with Crippen molar-refractivity contribution in [2.75, 3.05) is 19.5 Å². The Hall–Kier alpha value is -3.42. The first kappa shape index (κ1) is 17.4. The lowest BCUT2D eigenvalue weighted by molar-refractivity contribution is 0.0995. The number of carbonyl (C=O) groups is 1. The molecule has 0 aliphatic heterocycles. The van der Waals surface area contributed by atoms with Crippen LogP contribution in [0.4, 0.5) is 15.8 Å². The quantitative estimate of drug-likeness (QED) is 0.729. The highest BCUT2D eigenvalue weighted by Gasteiger charge is 2.19. The summed E-state index contributed by atoms with van der Waals surface area (Å²) in [6.45, 7) is 1.83. The van der Waals surface area contributed by atoms with Gasteiger partial charge in [0.05, 0.1) is 31.1 Å². The van der Waals surface area contributed by atoms with Crippen LogP contribution in [-0.2, 0) is 0 Å². The Kier molecular flexibility index (Phi) is 4.57. The zero-order chi connectivity index (χ0) is 18.8. The normalized spacial score (nSPS) is 10.6. The molecule has 26 heavy (non-hydrogen) atoms. The van der Waals surface area contributed by atoms with Crippen LogP contribution in [0.15, 0.2) is 30.3 Å². The molecule has 3 rings (SSSR count). The van der Waals surface area contributed by atoms with Gasteiger partial charge in [0.25, 0.3) is 5.91 Å². The summed E-state index contributed by atoms with van der Waals surface area (Å²) in [7, 11) is 2.98. The summed E-state index contributed by atoms with van der Waals surface area (Å²) in [6, 6.07) is 7.84. The SMILES string of the molecule is COc1cc2nnc(C(N)=O)c(Nc3cc(C)ccc3F)c2cc1OC. The fourth-order valence-electron chi connectivity index (χ4n) is 2.60. The Morgan fingerprint density at radius 3 is 2.46 bits per heavy atom. The molecule has 8 heteroatoms. The lowest BCUT2D eigenvalue weighted by atomic mass is 10.1. The first-order chi connectivity index (χ1) is 12.4. The lowest BCUT2D eigenvalue weighted by Crippen LogP contribution is -2.17. The highest BCUT2D eigenvalue weighted by molar-refractivity contribution is 6.06. The van der Waals surface area contributed by atoms with Gasteiger partial charge in [0.2, 0.25) is 0 Å². The largest absolute Gasteiger partial charge is 0.493 e. The molecule has 3 N–H and O–H groups in total. The van der Waals surface area contributed by atoms with Crippen LogP contribution in [0.2, 0.25) is 0 Å². The Labute approximate surface area is 148 Å². The van der Waals surface area contributed by atoms with Gasteiger partial charge in [-0.2, -0.15) is 0 Å². The van der Waals surface area contributed by atoms with Crippen molar-refractivity contribution in [1.82, 2.24) is 10.2 Å². The number of amides is 1. The van der Waals surface area contributed by atoms with Crippen molar-refractivity contribution in [2.24, 2.45) is 5.73 Å². The monoisotopic (exact) mass is 356 g/mol. The molecule has 0 saturated carbocycles. The number of primary amides is 1. The van der Waals surface area contributed by atoms with Crippen molar-refractivity contribution in [1.29, 1.82) is 0 Å². The minimum Gasteiger partial charge on any atom is -0.493 e. The molecule has 0 fully saturated rings. The Balaban J connectivity index is 2.27. The molecular formula is C18H17FN4O3. The standard InChI is InChI=1S/C18H17FN4O3/c1-9-4-5-11(19)13(6-9)21-16-10-7-14(25-2)15(26-3)8-12(10)22-23-17(16)18(20)24/h4-8H,1-3H3,(H2,20,24)(H,21,22). The van der Waals surface area contributed by atoms with Crippen molar-refractivity contribution in [3.8, 4) is 11.5 Å². The first-order valence-electron chi connectivity index (χ1n) is 7.70. The molecule has 2 aromatic carbocycles. The molecule has 0 spiro atoms. The Morgan fingerprint density at radius 1 is 1.12 bits per heavy atom. The summed E-state index contributed by atoms with van der Waals surface area (Å²) >= 11 is 0. The molecule has 7 nitrogen and oxygen atoms in total. The van der Waals surface area contributed by atoms with Crippen LogP contribution in [0.5, 0.6) is 11.5 Å². The maximum absolute atomic E-state index is 14.2. The number of aromatic nitrogens is 2. The lowest BCUT2D eigenvalue weighted by Gasteiger charge is -2.15. The zero-order valence-electron chi connectivity index (χ0n) is 14.5. The average Bonchev–Trinajstić information content (AvgIpc) is 2.63. The van der Waals surface area contributed by atoms with Gasteiger partial charge in [-0.1, -0.05) is 6.07 Å². The van der Waals surface area contributed by atoms with Crippen LogP contribution in [0.25, 0.3) is 10.9 Å². The van der Waals surface area contributed by atoms with Gasteiger partial charge in [0, 0.05) is 11.5 Å². The summed E-state index contributed by atoms with van der Waals surface area (Å²) in [5.74, 6) is -0.383. The highest BCUT2D eigenvalue weighted by Crippen LogP contribution is 2.36. The molecule has 0 aliphatic rings. The number of nitrogens with one attached hydrogen (secondary N) is 1. The second-order valence-corrected chi connectivity index (χ2v) is 5.62. The van der Waals surface area contributed by atoms with Crippen molar-refractivity contribution in [3.05, 3.63) is 47.4 Å². The number of hydrogen-bond donors (Lipinski definition) is 2. The summed E-state index contributed by atoms with van der Waals surface area (Å²) in [4.78, 5) is 11.8. The summed E-state index contributed by atoms with van der Waals surface area (Å²) in [6.07, 6.45) is 0. The molecule has 1 amide bonds. The second-order valence-electron chi connectivity index (χ2n) is 5.62. The minimum absolute atomic E-state index is 0.106. The van der Waals surface area contributed by atoms with Gasteiger partial charge in [-0.3, -0.25) is 4.79 Å². The highest BCUT2D eigenvalue weighted by atomic mass is 19.1. The molecule has 0 saturated heterocycles. The predicted octanol–water partition coefficient (Wildman–Crippen LogP) is 2.94. The van der Waals surface area contributed by atoms with Crippen LogP contribution in [-0.4, -0.2) is 30.3 Å². The van der Waals surface area contributed by atoms with Crippen LogP contribution in [0, 0.1) is 12.7 Å². The van der Waals surface area contributed by atoms with E-state index in [1.165, 1.54) is 20.3 Å². The number of halogens is 1. The van der Waals surface area contributed by atoms with E-state index in [0.717, 1.165) is 5.56 Å². The summed E-state index contributed by atoms with van der Waals surface area (Å²) < 4.78 is 24.7. The molecule has 0 bridgehead atoms. The van der Waals surface area contributed by atoms with Crippen molar-refractivity contribution >= 4 is 28.2 Å². The predicted molar refractivity (Wildman–Crippen MR) is 95.6 cm³/mol. The molecule has 1 aromatic heterocycles. The van der Waals surface area contributed by atoms with E-state index < -0.39 is 11.7 Å². The number of nitrogens with zero attached hydrogens (tertiary/aromatic N) is 2. The molecule has 0 radical (unpaired) electrons. The third kappa shape index (κ3) is 3.08. The van der Waals surface area contributed by atoms with E-state index in [4.69, 9.17) is 15.2 Å². The molecule has 3 aromatic rings. The van der Waals surface area contributed by atoms with Crippen LogP contribution in [0.1, 0.15) is 16.1 Å². The number of nitrogens with two attached hydrogens (primary N) is 1. The zero-order valence-corrected chi connectivity index (χ0v) is 14.5. The van der Waals surface area contributed by atoms with Crippen molar-refractivity contribution in [2.45, 2.75) is 6.92 Å². The van der Waals surface area contributed by atoms with Gasteiger partial charge in [-0.25, -0.2) is 4.39 Å². The Bertz CT molecular complexity index is 1010. The van der Waals surface area contributed by atoms with E-state index >= 15 is 0 Å². The Morgan fingerprint density at radius 2 is 1.81 bits per heavy atom. The number of hydrogen-bond acceptors (Lipinski definition) is 6. The van der Waals surface area contributed by atoms with E-state index in [0.29, 0.717) is 22.4 Å². The van der Waals surface area contributed by atoms with Crippen molar-refractivity contribution < 1.29 is 18.7 Å². The molecule has 0 aliphatic carbocycles. The van der Waals surface area contributed by atoms with Crippen LogP contribution >= 0.6 is 0 Å². The third-order valence-corrected chi connectivity index (χ3v) is 3.88. The maximum Gasteiger partial charge on any atom is 0.271 e.